The van der Waals surface area contributed by atoms with Gasteiger partial charge >= 0.3 is 7.05 Å². The van der Waals surface area contributed by atoms with E-state index in [1.807, 2.05) is 36.5 Å². The van der Waals surface area contributed by atoms with Gasteiger partial charge in [0, 0.05) is 49.5 Å². The molecule has 11 rings (SSSR count). The van der Waals surface area contributed by atoms with Crippen LogP contribution in [0.2, 0.25) is 0 Å². The number of hydrogen-bond donors (Lipinski definition) is 0. The Hall–Kier alpha value is -6.89. The van der Waals surface area contributed by atoms with Crippen LogP contribution in [0.4, 0.5) is 11.5 Å². The molecule has 0 spiro atoms. The first-order valence-corrected chi connectivity index (χ1v) is 21.0. The third-order valence-corrected chi connectivity index (χ3v) is 11.9. The molecule has 310 valence electrons. The monoisotopic (exact) mass is 998 g/mol. The minimum absolute atomic E-state index is 0. The van der Waals surface area contributed by atoms with Gasteiger partial charge in [-0.2, -0.15) is 12.1 Å². The minimum Gasteiger partial charge on any atom is -0.535 e. The number of benzene rings is 7. The second kappa shape index (κ2) is 15.8. The Kier molecular flexibility index (Phi) is 10.1. The Morgan fingerprint density at radius 3 is 2.05 bits per heavy atom. The third kappa shape index (κ3) is 6.90. The Morgan fingerprint density at radius 1 is 0.651 bits per heavy atom. The smallest absolute Gasteiger partial charge is 0.524 e. The van der Waals surface area contributed by atoms with Gasteiger partial charge in [0.25, 0.3) is 6.33 Å². The summed E-state index contributed by atoms with van der Waals surface area (Å²) in [7, 11) is -0.431. The number of aryl methyl sites for hydroxylation is 2. The summed E-state index contributed by atoms with van der Waals surface area (Å²) in [4.78, 5) is 6.96. The van der Waals surface area contributed by atoms with E-state index in [0.717, 1.165) is 78.5 Å². The van der Waals surface area contributed by atoms with Crippen LogP contribution in [0.1, 0.15) is 37.5 Å². The van der Waals surface area contributed by atoms with E-state index in [1.165, 1.54) is 10.8 Å². The molecule has 4 heterocycles. The summed E-state index contributed by atoms with van der Waals surface area (Å²) < 4.78 is 20.0. The van der Waals surface area contributed by atoms with Gasteiger partial charge in [-0.15, -0.1) is 35.9 Å². The van der Waals surface area contributed by atoms with Crippen molar-refractivity contribution in [1.82, 2.24) is 14.1 Å². The van der Waals surface area contributed by atoms with Crippen molar-refractivity contribution < 1.29 is 35.0 Å². The standard InChI is InChI=1S/C54H42BN5O2.Pt/c1-36-17-14-18-37(2)52(36)55-60(53-51(62-55)29-16-30-56-53)40-31-38(54(3,4)5)32-42(34-40)61-41-20-15-19-39(33-41)57-35-58(48-26-11-10-25-47(48)57)49-27-12-13-28-50(49)59-45-23-8-6-21-43(45)44-22-7-9-24-46(44)59;/h6-32H,1-5H3;/q-2;. The summed E-state index contributed by atoms with van der Waals surface area (Å²) >= 11 is 0. The molecule has 0 aliphatic carbocycles. The second-order valence-electron chi connectivity index (χ2n) is 17.0. The van der Waals surface area contributed by atoms with E-state index in [-0.39, 0.29) is 26.5 Å². The number of fused-ring (bicyclic) bond motifs is 5. The van der Waals surface area contributed by atoms with Crippen LogP contribution in [0.5, 0.6) is 17.2 Å². The fraction of sp³-hybridized carbons (Fsp3) is 0.111. The molecule has 0 radical (unpaired) electrons. The van der Waals surface area contributed by atoms with Gasteiger partial charge in [0.15, 0.2) is 5.82 Å². The van der Waals surface area contributed by atoms with Crippen LogP contribution in [0.3, 0.4) is 0 Å². The molecule has 7 aromatic carbocycles. The van der Waals surface area contributed by atoms with E-state index in [0.29, 0.717) is 11.5 Å². The summed E-state index contributed by atoms with van der Waals surface area (Å²) in [5.41, 5.74) is 12.3. The molecule has 63 heavy (non-hydrogen) atoms. The Balaban J connectivity index is 0.00000471. The number of pyridine rings is 1. The van der Waals surface area contributed by atoms with E-state index in [2.05, 4.69) is 199 Å². The van der Waals surface area contributed by atoms with Crippen LogP contribution in [0.25, 0.3) is 49.9 Å². The maximum atomic E-state index is 6.77. The molecular weight excluding hydrogens is 957 g/mol. The van der Waals surface area contributed by atoms with E-state index in [9.17, 15) is 0 Å². The van der Waals surface area contributed by atoms with Crippen molar-refractivity contribution in [1.29, 1.82) is 0 Å². The molecule has 0 atom stereocenters. The van der Waals surface area contributed by atoms with Crippen LogP contribution in [-0.2, 0) is 26.5 Å². The third-order valence-electron chi connectivity index (χ3n) is 11.9. The molecule has 0 saturated carbocycles. The largest absolute Gasteiger partial charge is 0.535 e. The predicted octanol–water partition coefficient (Wildman–Crippen LogP) is 11.4. The fourth-order valence-electron chi connectivity index (χ4n) is 8.92. The van der Waals surface area contributed by atoms with Crippen molar-refractivity contribution in [3.8, 4) is 34.3 Å². The number of para-hydroxylation sites is 6. The van der Waals surface area contributed by atoms with Gasteiger partial charge in [0.2, 0.25) is 0 Å². The molecule has 0 saturated heterocycles. The summed E-state index contributed by atoms with van der Waals surface area (Å²) in [5.74, 6) is 2.59. The number of anilines is 2. The van der Waals surface area contributed by atoms with Crippen molar-refractivity contribution in [3.63, 3.8) is 0 Å². The topological polar surface area (TPSA) is 48.3 Å². The average molecular weight is 999 g/mol. The van der Waals surface area contributed by atoms with Crippen LogP contribution >= 0.6 is 0 Å². The molecule has 1 aliphatic heterocycles. The van der Waals surface area contributed by atoms with Crippen molar-refractivity contribution in [2.24, 2.45) is 0 Å². The summed E-state index contributed by atoms with van der Waals surface area (Å²) in [5, 5.41) is 2.43. The minimum atomic E-state index is -0.431. The van der Waals surface area contributed by atoms with Crippen LogP contribution in [0.15, 0.2) is 164 Å². The van der Waals surface area contributed by atoms with Crippen LogP contribution in [-0.4, -0.2) is 21.2 Å². The van der Waals surface area contributed by atoms with Gasteiger partial charge in [0.1, 0.15) is 5.75 Å². The number of ether oxygens (including phenoxy) is 1. The number of aromatic nitrogens is 4. The van der Waals surface area contributed by atoms with Gasteiger partial charge in [-0.3, -0.25) is 4.57 Å². The average Bonchev–Trinajstić information content (AvgIpc) is 3.96. The summed E-state index contributed by atoms with van der Waals surface area (Å²) in [6, 6.07) is 61.8. The summed E-state index contributed by atoms with van der Waals surface area (Å²) in [6.45, 7) is 10.9. The van der Waals surface area contributed by atoms with Gasteiger partial charge in [-0.05, 0) is 66.8 Å². The van der Waals surface area contributed by atoms with Crippen molar-refractivity contribution in [3.05, 3.63) is 199 Å². The molecule has 0 unspecified atom stereocenters. The van der Waals surface area contributed by atoms with Gasteiger partial charge in [-0.1, -0.05) is 129 Å². The molecule has 10 aromatic rings. The molecule has 1 aliphatic rings. The first-order chi connectivity index (χ1) is 30.2. The Labute approximate surface area is 382 Å². The molecule has 0 amide bonds. The van der Waals surface area contributed by atoms with Gasteiger partial charge in [0.05, 0.1) is 33.4 Å². The molecule has 3 aromatic heterocycles. The van der Waals surface area contributed by atoms with Crippen LogP contribution in [0, 0.1) is 32.3 Å². The van der Waals surface area contributed by atoms with Gasteiger partial charge in [-0.25, -0.2) is 4.98 Å². The second-order valence-corrected chi connectivity index (χ2v) is 17.0. The first kappa shape index (κ1) is 40.2. The van der Waals surface area contributed by atoms with Crippen LogP contribution < -0.4 is 24.2 Å². The summed E-state index contributed by atoms with van der Waals surface area (Å²) in [6.07, 6.45) is 5.53. The van der Waals surface area contributed by atoms with E-state index >= 15 is 0 Å². The SMILES string of the molecule is Cc1cccc(C)c1B1Oc2cccnc2N1c1[c-]c(Oc2[c-]c(-n3[c-][n+](-c4ccccc4-n4c5ccccc5c5ccccc54)c4ccccc43)ccc2)cc(C(C)(C)C)c1.[Pt]. The predicted molar refractivity (Wildman–Crippen MR) is 249 cm³/mol. The number of rotatable bonds is 7. The number of nitrogens with zero attached hydrogens (tertiary/aromatic N) is 5. The molecule has 0 N–H and O–H groups in total. The fourth-order valence-corrected chi connectivity index (χ4v) is 8.92. The first-order valence-electron chi connectivity index (χ1n) is 21.0. The molecule has 7 nitrogen and oxygen atoms in total. The number of imidazole rings is 1. The maximum Gasteiger partial charge on any atom is 0.524 e. The molecule has 9 heteroatoms. The zero-order chi connectivity index (χ0) is 42.1. The zero-order valence-corrected chi connectivity index (χ0v) is 37.8. The Morgan fingerprint density at radius 2 is 1.30 bits per heavy atom. The van der Waals surface area contributed by atoms with Crippen molar-refractivity contribution in [2.45, 2.75) is 40.0 Å². The Bertz CT molecular complexity index is 3290. The van der Waals surface area contributed by atoms with Crippen molar-refractivity contribution in [2.75, 3.05) is 4.81 Å². The molecule has 0 bridgehead atoms. The quantitative estimate of drug-likeness (QED) is 0.0907. The van der Waals surface area contributed by atoms with Crippen molar-refractivity contribution >= 4 is 56.9 Å². The maximum absolute atomic E-state index is 6.77. The molecule has 0 fully saturated rings. The normalized spacial score (nSPS) is 12.5. The zero-order valence-electron chi connectivity index (χ0n) is 35.5. The van der Waals surface area contributed by atoms with E-state index < -0.39 is 7.05 Å². The van der Waals surface area contributed by atoms with E-state index in [1.54, 1.807) is 0 Å². The van der Waals surface area contributed by atoms with E-state index in [4.69, 9.17) is 14.4 Å². The van der Waals surface area contributed by atoms with Gasteiger partial charge < -0.3 is 23.3 Å². The molecular formula is C54H42BN5O2Pt-2. The number of hydrogen-bond acceptors (Lipinski definition) is 4.